The summed E-state index contributed by atoms with van der Waals surface area (Å²) in [4.78, 5) is 0. The molecule has 1 N–H and O–H groups in total. The fourth-order valence-corrected chi connectivity index (χ4v) is 4.74. The van der Waals surface area contributed by atoms with Crippen LogP contribution in [0.25, 0.3) is 0 Å². The second-order valence-electron chi connectivity index (χ2n) is 7.62. The molecule has 2 aromatic carbocycles. The van der Waals surface area contributed by atoms with Gasteiger partial charge in [-0.25, -0.2) is 4.39 Å². The largest absolute Gasteiger partial charge is 0.454 e. The molecule has 0 spiro atoms. The summed E-state index contributed by atoms with van der Waals surface area (Å²) in [5.74, 6) is 1.36. The third-order valence-electron chi connectivity index (χ3n) is 5.75. The molecule has 1 saturated heterocycles. The lowest BCUT2D eigenvalue weighted by atomic mass is 9.74. The second-order valence-corrected chi connectivity index (χ2v) is 8.68. The van der Waals surface area contributed by atoms with Crippen molar-refractivity contribution < 1.29 is 18.6 Å². The number of halogens is 1. The Morgan fingerprint density at radius 2 is 1.80 bits per heavy atom. The zero-order valence-corrected chi connectivity index (χ0v) is 17.2. The Bertz CT molecular complexity index is 1020. The predicted octanol–water partition coefficient (Wildman–Crippen LogP) is 4.16. The van der Waals surface area contributed by atoms with Crippen molar-refractivity contribution in [1.82, 2.24) is 10.2 Å². The van der Waals surface area contributed by atoms with E-state index in [0.29, 0.717) is 6.42 Å². The molecule has 3 heterocycles. The average Bonchev–Trinajstić information content (AvgIpc) is 3.43. The maximum absolute atomic E-state index is 13.1. The molecule has 5 rings (SSSR count). The van der Waals surface area contributed by atoms with Crippen molar-refractivity contribution in [2.45, 2.75) is 24.7 Å². The van der Waals surface area contributed by atoms with Crippen molar-refractivity contribution in [2.24, 2.45) is 0 Å². The van der Waals surface area contributed by atoms with Crippen LogP contribution in [0.5, 0.6) is 11.5 Å². The Morgan fingerprint density at radius 3 is 2.63 bits per heavy atom. The Balaban J connectivity index is 1.30. The average molecular weight is 428 g/mol. The van der Waals surface area contributed by atoms with Crippen molar-refractivity contribution >= 4 is 16.5 Å². The SMILES string of the molecule is Fc1ccc(Cc2nnc(NCC3(c4ccc5c(c4)OCO5)CCOCC3)s2)cc1. The molecule has 6 nitrogen and oxygen atoms in total. The van der Waals surface area contributed by atoms with Gasteiger partial charge in [-0.2, -0.15) is 0 Å². The standard InChI is InChI=1S/C22H22FN3O3S/c23-17-4-1-15(2-5-17)11-20-25-26-21(30-20)24-13-22(7-9-27-10-8-22)16-3-6-18-19(12-16)29-14-28-18/h1-6,12H,7-11,13-14H2,(H,24,26). The van der Waals surface area contributed by atoms with Gasteiger partial charge in [0.1, 0.15) is 10.8 Å². The normalized spacial score (nSPS) is 17.1. The molecular weight excluding hydrogens is 405 g/mol. The van der Waals surface area contributed by atoms with E-state index in [1.54, 1.807) is 12.1 Å². The molecular formula is C22H22FN3O3S. The molecule has 2 aliphatic heterocycles. The lowest BCUT2D eigenvalue weighted by Crippen LogP contribution is -2.40. The first-order valence-corrected chi connectivity index (χ1v) is 10.8. The highest BCUT2D eigenvalue weighted by Gasteiger charge is 2.35. The first-order chi connectivity index (χ1) is 14.7. The Morgan fingerprint density at radius 1 is 1.00 bits per heavy atom. The lowest BCUT2D eigenvalue weighted by Gasteiger charge is -2.38. The number of hydrogen-bond donors (Lipinski definition) is 1. The van der Waals surface area contributed by atoms with Gasteiger partial charge in [0.15, 0.2) is 11.5 Å². The number of aromatic nitrogens is 2. The van der Waals surface area contributed by atoms with E-state index < -0.39 is 0 Å². The van der Waals surface area contributed by atoms with Crippen LogP contribution in [0.2, 0.25) is 0 Å². The Kier molecular flexibility index (Phi) is 5.26. The van der Waals surface area contributed by atoms with Gasteiger partial charge in [0, 0.05) is 31.6 Å². The van der Waals surface area contributed by atoms with Crippen LogP contribution in [0.15, 0.2) is 42.5 Å². The summed E-state index contributed by atoms with van der Waals surface area (Å²) in [6.07, 6.45) is 2.47. The molecule has 30 heavy (non-hydrogen) atoms. The van der Waals surface area contributed by atoms with Gasteiger partial charge in [-0.05, 0) is 48.2 Å². The molecule has 1 fully saturated rings. The quantitative estimate of drug-likeness (QED) is 0.637. The minimum absolute atomic E-state index is 0.0674. The van der Waals surface area contributed by atoms with Gasteiger partial charge in [-0.15, -0.1) is 10.2 Å². The van der Waals surface area contributed by atoms with Gasteiger partial charge < -0.3 is 19.5 Å². The van der Waals surface area contributed by atoms with E-state index in [-0.39, 0.29) is 18.0 Å². The van der Waals surface area contributed by atoms with Crippen LogP contribution in [0.1, 0.15) is 29.0 Å². The summed E-state index contributed by atoms with van der Waals surface area (Å²) >= 11 is 1.53. The van der Waals surface area contributed by atoms with Gasteiger partial charge in [0.2, 0.25) is 11.9 Å². The molecule has 8 heteroatoms. The summed E-state index contributed by atoms with van der Waals surface area (Å²) in [6, 6.07) is 12.7. The highest BCUT2D eigenvalue weighted by Crippen LogP contribution is 2.41. The van der Waals surface area contributed by atoms with Gasteiger partial charge in [-0.3, -0.25) is 0 Å². The first-order valence-electron chi connectivity index (χ1n) is 9.99. The van der Waals surface area contributed by atoms with Crippen LogP contribution < -0.4 is 14.8 Å². The highest BCUT2D eigenvalue weighted by atomic mass is 32.1. The topological polar surface area (TPSA) is 65.5 Å². The number of hydrogen-bond acceptors (Lipinski definition) is 7. The summed E-state index contributed by atoms with van der Waals surface area (Å²) in [5.41, 5.74) is 2.17. The highest BCUT2D eigenvalue weighted by molar-refractivity contribution is 7.15. The van der Waals surface area contributed by atoms with E-state index in [1.165, 1.54) is 29.0 Å². The van der Waals surface area contributed by atoms with E-state index in [4.69, 9.17) is 14.2 Å². The number of ether oxygens (including phenoxy) is 3. The first kappa shape index (κ1) is 19.3. The number of nitrogens with one attached hydrogen (secondary N) is 1. The molecule has 2 aliphatic rings. The third kappa shape index (κ3) is 3.97. The number of rotatable bonds is 6. The Hall–Kier alpha value is -2.71. The molecule has 0 amide bonds. The molecule has 3 aromatic rings. The van der Waals surface area contributed by atoms with E-state index >= 15 is 0 Å². The van der Waals surface area contributed by atoms with E-state index in [2.05, 4.69) is 27.6 Å². The minimum atomic E-state index is -0.233. The summed E-state index contributed by atoms with van der Waals surface area (Å²) in [5, 5.41) is 13.8. The van der Waals surface area contributed by atoms with Crippen molar-refractivity contribution in [3.63, 3.8) is 0 Å². The Labute approximate surface area is 178 Å². The number of anilines is 1. The molecule has 156 valence electrons. The van der Waals surface area contributed by atoms with Crippen molar-refractivity contribution in [2.75, 3.05) is 31.9 Å². The third-order valence-corrected chi connectivity index (χ3v) is 6.63. The summed E-state index contributed by atoms with van der Waals surface area (Å²) in [7, 11) is 0. The van der Waals surface area contributed by atoms with Crippen LogP contribution in [0.4, 0.5) is 9.52 Å². The second kappa shape index (κ2) is 8.20. The van der Waals surface area contributed by atoms with Crippen molar-refractivity contribution in [3.05, 3.63) is 64.4 Å². The smallest absolute Gasteiger partial charge is 0.231 e. The van der Waals surface area contributed by atoms with Crippen LogP contribution in [0, 0.1) is 5.82 Å². The zero-order valence-electron chi connectivity index (χ0n) is 16.4. The van der Waals surface area contributed by atoms with Crippen LogP contribution in [-0.2, 0) is 16.6 Å². The van der Waals surface area contributed by atoms with Crippen LogP contribution >= 0.6 is 11.3 Å². The molecule has 0 saturated carbocycles. The summed E-state index contributed by atoms with van der Waals surface area (Å²) < 4.78 is 29.8. The number of nitrogens with zero attached hydrogens (tertiary/aromatic N) is 2. The monoisotopic (exact) mass is 427 g/mol. The van der Waals surface area contributed by atoms with E-state index in [9.17, 15) is 4.39 Å². The minimum Gasteiger partial charge on any atom is -0.454 e. The molecule has 1 aromatic heterocycles. The fraction of sp³-hybridized carbons (Fsp3) is 0.364. The lowest BCUT2D eigenvalue weighted by molar-refractivity contribution is 0.0543. The van der Waals surface area contributed by atoms with Crippen LogP contribution in [0.3, 0.4) is 0 Å². The molecule has 0 radical (unpaired) electrons. The molecule has 0 atom stereocenters. The predicted molar refractivity (Wildman–Crippen MR) is 112 cm³/mol. The van der Waals surface area contributed by atoms with Gasteiger partial charge in [0.25, 0.3) is 0 Å². The van der Waals surface area contributed by atoms with Gasteiger partial charge >= 0.3 is 0 Å². The molecule has 0 unspecified atom stereocenters. The number of fused-ring (bicyclic) bond motifs is 1. The van der Waals surface area contributed by atoms with E-state index in [0.717, 1.165) is 59.8 Å². The maximum atomic E-state index is 13.1. The maximum Gasteiger partial charge on any atom is 0.231 e. The zero-order chi connectivity index (χ0) is 20.4. The van der Waals surface area contributed by atoms with E-state index in [1.807, 2.05) is 6.07 Å². The van der Waals surface area contributed by atoms with Crippen LogP contribution in [-0.4, -0.2) is 36.7 Å². The van der Waals surface area contributed by atoms with Gasteiger partial charge in [0.05, 0.1) is 0 Å². The van der Waals surface area contributed by atoms with Crippen molar-refractivity contribution in [3.8, 4) is 11.5 Å². The summed E-state index contributed by atoms with van der Waals surface area (Å²) in [6.45, 7) is 2.46. The van der Waals surface area contributed by atoms with Crippen molar-refractivity contribution in [1.29, 1.82) is 0 Å². The number of benzene rings is 2. The van der Waals surface area contributed by atoms with Gasteiger partial charge in [-0.1, -0.05) is 29.5 Å². The fourth-order valence-electron chi connectivity index (χ4n) is 3.97. The molecule has 0 aliphatic carbocycles. The molecule has 0 bridgehead atoms.